The molecule has 0 aromatic heterocycles. The van der Waals surface area contributed by atoms with Crippen molar-refractivity contribution in [2.75, 3.05) is 20.3 Å². The normalized spacial score (nSPS) is 47.5. The van der Waals surface area contributed by atoms with Crippen molar-refractivity contribution >= 4 is 11.8 Å². The zero-order valence-electron chi connectivity index (χ0n) is 34.7. The van der Waals surface area contributed by atoms with Gasteiger partial charge in [0.05, 0.1) is 54.9 Å². The number of hydrogen-bond acceptors (Lipinski definition) is 12. The summed E-state index contributed by atoms with van der Waals surface area (Å²) < 4.78 is 65.5. The van der Waals surface area contributed by atoms with Crippen molar-refractivity contribution in [2.45, 2.75) is 209 Å². The number of ketones is 1. The van der Waals surface area contributed by atoms with E-state index in [4.69, 9.17) is 47.4 Å². The average Bonchev–Trinajstić information content (AvgIpc) is 3.84. The molecule has 12 heteroatoms. The van der Waals surface area contributed by atoms with Gasteiger partial charge in [0.15, 0.2) is 5.79 Å². The molecule has 10 heterocycles. The van der Waals surface area contributed by atoms with Crippen LogP contribution in [-0.2, 0) is 57.0 Å². The molecule has 57 heavy (non-hydrogen) atoms. The Balaban J connectivity index is 0.995. The Morgan fingerprint density at radius 3 is 2.39 bits per heavy atom. The predicted molar refractivity (Wildman–Crippen MR) is 206 cm³/mol. The fraction of sp³-hybridized carbons (Fsp3) is 0.867. The molecule has 1 spiro atoms. The molecule has 9 fully saturated rings. The predicted octanol–water partition coefficient (Wildman–Crippen LogP) is 6.10. The van der Waals surface area contributed by atoms with Crippen LogP contribution in [0, 0.1) is 17.8 Å². The summed E-state index contributed by atoms with van der Waals surface area (Å²) in [6, 6.07) is 0. The topological polar surface area (TPSA) is 126 Å². The molecule has 0 saturated carbocycles. The van der Waals surface area contributed by atoms with Gasteiger partial charge in [0.1, 0.15) is 49.5 Å². The van der Waals surface area contributed by atoms with Gasteiger partial charge < -0.3 is 47.4 Å². The number of rotatable bonds is 7. The van der Waals surface area contributed by atoms with Crippen LogP contribution in [0.3, 0.4) is 0 Å². The second-order valence-corrected chi connectivity index (χ2v) is 19.1. The monoisotopic (exact) mass is 798 g/mol. The Morgan fingerprint density at radius 1 is 0.825 bits per heavy atom. The molecule has 0 aromatic rings. The van der Waals surface area contributed by atoms with Crippen molar-refractivity contribution in [3.05, 3.63) is 23.3 Å². The highest BCUT2D eigenvalue weighted by Crippen LogP contribution is 2.54. The van der Waals surface area contributed by atoms with Crippen molar-refractivity contribution in [3.8, 4) is 0 Å². The first-order valence-electron chi connectivity index (χ1n) is 22.3. The minimum Gasteiger partial charge on any atom is -0.459 e. The van der Waals surface area contributed by atoms with E-state index in [1.807, 2.05) is 0 Å². The standard InChI is InChI=1S/C45H66O12/c1-7-23(2)14-35-26(5)31-18-27(46)17-29-9-11-34-40(52-29)44-43-42(54-34)41-38(55-43)20-45(56-41,57-44)13-12-30-16-25(4)33(50-30)10-8-28-15-24(3)32(21-49-39(47)22-48-6)37(51-28)19-36(31)53-35/h23,26,28-31,33-38,40-44H,4,7-22H2,1-3,5-6H3/t23-,26-,28?,29?,30?,31-,33+,34+,35-,36?,37-,38-,40+,41+,42+,43-,44+,45+/m1/s1. The second-order valence-electron chi connectivity index (χ2n) is 19.1. The molecule has 0 radical (unpaired) electrons. The molecule has 0 aliphatic carbocycles. The second kappa shape index (κ2) is 16.6. The van der Waals surface area contributed by atoms with Gasteiger partial charge >= 0.3 is 5.97 Å². The van der Waals surface area contributed by atoms with E-state index in [0.717, 1.165) is 68.9 Å². The molecule has 10 rings (SSSR count). The summed E-state index contributed by atoms with van der Waals surface area (Å²) in [7, 11) is 1.49. The third kappa shape index (κ3) is 8.10. The van der Waals surface area contributed by atoms with Crippen LogP contribution in [-0.4, -0.2) is 123 Å². The maximum absolute atomic E-state index is 14.2. The Labute approximate surface area is 338 Å². The molecule has 4 unspecified atom stereocenters. The molecule has 10 aliphatic heterocycles. The van der Waals surface area contributed by atoms with Gasteiger partial charge in [-0.15, -0.1) is 0 Å². The van der Waals surface area contributed by atoms with E-state index < -0.39 is 11.8 Å². The van der Waals surface area contributed by atoms with Gasteiger partial charge in [-0.2, -0.15) is 0 Å². The Hall–Kier alpha value is -1.74. The number of Topliss-reactive ketones (excluding diaryl/α,β-unsaturated/α-hetero) is 1. The molecule has 18 atom stereocenters. The highest BCUT2D eigenvalue weighted by molar-refractivity contribution is 5.79. The zero-order chi connectivity index (χ0) is 39.6. The molecule has 0 aromatic carbocycles. The number of carbonyl (C=O) groups is 2. The molecular weight excluding hydrogens is 732 g/mol. The first-order chi connectivity index (χ1) is 27.5. The van der Waals surface area contributed by atoms with E-state index in [2.05, 4.69) is 34.3 Å². The van der Waals surface area contributed by atoms with Gasteiger partial charge in [-0.25, -0.2) is 4.79 Å². The van der Waals surface area contributed by atoms with Crippen LogP contribution in [0.5, 0.6) is 0 Å². The van der Waals surface area contributed by atoms with E-state index in [-0.39, 0.29) is 116 Å². The van der Waals surface area contributed by atoms with E-state index in [9.17, 15) is 9.59 Å². The minimum atomic E-state index is -0.780. The van der Waals surface area contributed by atoms with Gasteiger partial charge in [-0.1, -0.05) is 39.3 Å². The van der Waals surface area contributed by atoms with Crippen molar-refractivity contribution in [1.29, 1.82) is 0 Å². The van der Waals surface area contributed by atoms with Crippen LogP contribution in [0.4, 0.5) is 0 Å². The quantitative estimate of drug-likeness (QED) is 0.218. The molecule has 10 aliphatic rings. The lowest BCUT2D eigenvalue weighted by Crippen LogP contribution is -2.61. The summed E-state index contributed by atoms with van der Waals surface area (Å²) in [6.07, 6.45) is 8.13. The third-order valence-corrected chi connectivity index (χ3v) is 15.2. The fourth-order valence-corrected chi connectivity index (χ4v) is 11.9. The van der Waals surface area contributed by atoms with Gasteiger partial charge in [0, 0.05) is 39.2 Å². The first kappa shape index (κ1) is 40.7. The molecule has 318 valence electrons. The summed E-state index contributed by atoms with van der Waals surface area (Å²) in [5.74, 6) is -0.268. The van der Waals surface area contributed by atoms with Crippen molar-refractivity contribution in [1.82, 2.24) is 0 Å². The average molecular weight is 799 g/mol. The number of ether oxygens (including phenoxy) is 10. The highest BCUT2D eigenvalue weighted by Gasteiger charge is 2.68. The van der Waals surface area contributed by atoms with Crippen molar-refractivity contribution < 1.29 is 57.0 Å². The highest BCUT2D eigenvalue weighted by atomic mass is 16.8. The number of esters is 1. The van der Waals surface area contributed by atoms with E-state index >= 15 is 0 Å². The van der Waals surface area contributed by atoms with Gasteiger partial charge in [0.2, 0.25) is 0 Å². The summed E-state index contributed by atoms with van der Waals surface area (Å²) >= 11 is 0. The van der Waals surface area contributed by atoms with Gasteiger partial charge in [-0.3, -0.25) is 4.79 Å². The summed E-state index contributed by atoms with van der Waals surface area (Å²) in [6.45, 7) is 13.4. The number of fused-ring (bicyclic) bond motifs is 6. The maximum atomic E-state index is 14.2. The molecule has 12 nitrogen and oxygen atoms in total. The van der Waals surface area contributed by atoms with Crippen LogP contribution in [0.2, 0.25) is 0 Å². The zero-order valence-corrected chi connectivity index (χ0v) is 34.7. The van der Waals surface area contributed by atoms with Crippen molar-refractivity contribution in [2.24, 2.45) is 17.8 Å². The Morgan fingerprint density at radius 2 is 1.56 bits per heavy atom. The lowest BCUT2D eigenvalue weighted by molar-refractivity contribution is -0.292. The van der Waals surface area contributed by atoms with E-state index in [1.165, 1.54) is 12.7 Å². The van der Waals surface area contributed by atoms with Gasteiger partial charge in [-0.05, 0) is 87.2 Å². The maximum Gasteiger partial charge on any atom is 0.332 e. The number of carbonyl (C=O) groups excluding carboxylic acids is 2. The van der Waals surface area contributed by atoms with E-state index in [0.29, 0.717) is 38.0 Å². The lowest BCUT2D eigenvalue weighted by atomic mass is 9.79. The SMILES string of the molecule is C=C1CC2CC[C@@]34C[C@H]5O[C@H]6[C@@H](O3)[C@H]3OC(CC[C@@H]3O[C@H]6[C@H]5O4)CC(=O)C[C@H]3C(C[C@H]4OC(CC[C@@H]1O2)CC(C)=C4COC(=O)COC)O[C@H](C[C@H](C)CC)[C@@H]3C. The first-order valence-corrected chi connectivity index (χ1v) is 22.3. The van der Waals surface area contributed by atoms with Crippen LogP contribution >= 0.6 is 0 Å². The van der Waals surface area contributed by atoms with Crippen LogP contribution < -0.4 is 0 Å². The fourth-order valence-electron chi connectivity index (χ4n) is 11.9. The third-order valence-electron chi connectivity index (χ3n) is 15.2. The lowest BCUT2D eigenvalue weighted by Gasteiger charge is -2.47. The molecular formula is C45H66O12. The molecule has 12 bridgehead atoms. The Kier molecular flexibility index (Phi) is 11.8. The Bertz CT molecular complexity index is 1550. The molecule has 0 amide bonds. The van der Waals surface area contributed by atoms with Crippen molar-refractivity contribution in [3.63, 3.8) is 0 Å². The summed E-state index contributed by atoms with van der Waals surface area (Å²) in [5, 5.41) is 0. The molecule has 9 saturated heterocycles. The molecule has 0 N–H and O–H groups in total. The largest absolute Gasteiger partial charge is 0.459 e. The minimum absolute atomic E-state index is 0.0195. The van der Waals surface area contributed by atoms with Crippen LogP contribution in [0.1, 0.15) is 118 Å². The van der Waals surface area contributed by atoms with Crippen LogP contribution in [0.25, 0.3) is 0 Å². The van der Waals surface area contributed by atoms with Gasteiger partial charge in [0.25, 0.3) is 0 Å². The number of methoxy groups -OCH3 is 1. The van der Waals surface area contributed by atoms with E-state index in [1.54, 1.807) is 0 Å². The summed E-state index contributed by atoms with van der Waals surface area (Å²) in [5.41, 5.74) is 3.29. The number of hydrogen-bond donors (Lipinski definition) is 0. The summed E-state index contributed by atoms with van der Waals surface area (Å²) in [4.78, 5) is 26.7. The smallest absolute Gasteiger partial charge is 0.332 e. The van der Waals surface area contributed by atoms with Crippen LogP contribution in [0.15, 0.2) is 23.3 Å².